The number of methoxy groups -OCH3 is 1. The van der Waals surface area contributed by atoms with Gasteiger partial charge in [-0.1, -0.05) is 41.9 Å². The highest BCUT2D eigenvalue weighted by Crippen LogP contribution is 2.45. The quantitative estimate of drug-likeness (QED) is 0.678. The molecule has 0 radical (unpaired) electrons. The average Bonchev–Trinajstić information content (AvgIpc) is 3.33. The minimum absolute atomic E-state index is 0.00846. The Morgan fingerprint density at radius 3 is 2.71 bits per heavy atom. The molecule has 28 heavy (non-hydrogen) atoms. The molecule has 5 rings (SSSR count). The SMILES string of the molecule is COc1ccc(-c2nc(C3(CNC4CC4c4ccccc4)CCC3)no2)cn1. The van der Waals surface area contributed by atoms with Gasteiger partial charge in [0.05, 0.1) is 12.7 Å². The summed E-state index contributed by atoms with van der Waals surface area (Å²) < 4.78 is 10.7. The Labute approximate surface area is 164 Å². The molecule has 2 fully saturated rings. The van der Waals surface area contributed by atoms with Crippen LogP contribution in [0.5, 0.6) is 5.88 Å². The Morgan fingerprint density at radius 2 is 2.04 bits per heavy atom. The van der Waals surface area contributed by atoms with Gasteiger partial charge in [0.2, 0.25) is 5.88 Å². The minimum atomic E-state index is -0.00846. The molecule has 2 saturated carbocycles. The Hall–Kier alpha value is -2.73. The molecular weight excluding hydrogens is 352 g/mol. The van der Waals surface area contributed by atoms with E-state index in [-0.39, 0.29) is 5.41 Å². The Bertz CT molecular complexity index is 935. The molecule has 2 unspecified atom stereocenters. The van der Waals surface area contributed by atoms with Crippen LogP contribution in [0.2, 0.25) is 0 Å². The van der Waals surface area contributed by atoms with Crippen molar-refractivity contribution in [3.63, 3.8) is 0 Å². The molecule has 1 N–H and O–H groups in total. The van der Waals surface area contributed by atoms with Crippen LogP contribution in [-0.4, -0.2) is 34.8 Å². The van der Waals surface area contributed by atoms with Crippen molar-refractivity contribution in [1.82, 2.24) is 20.4 Å². The van der Waals surface area contributed by atoms with E-state index < -0.39 is 0 Å². The monoisotopic (exact) mass is 376 g/mol. The molecule has 6 nitrogen and oxygen atoms in total. The van der Waals surface area contributed by atoms with Crippen LogP contribution < -0.4 is 10.1 Å². The van der Waals surface area contributed by atoms with Gasteiger partial charge in [-0.3, -0.25) is 0 Å². The summed E-state index contributed by atoms with van der Waals surface area (Å²) in [5.41, 5.74) is 2.23. The van der Waals surface area contributed by atoms with E-state index in [4.69, 9.17) is 14.2 Å². The molecule has 2 aromatic heterocycles. The van der Waals surface area contributed by atoms with Crippen molar-refractivity contribution < 1.29 is 9.26 Å². The van der Waals surface area contributed by atoms with Crippen LogP contribution in [0, 0.1) is 0 Å². The molecule has 2 aliphatic rings. The van der Waals surface area contributed by atoms with Crippen LogP contribution in [0.4, 0.5) is 0 Å². The molecule has 0 spiro atoms. The van der Waals surface area contributed by atoms with Gasteiger partial charge >= 0.3 is 0 Å². The summed E-state index contributed by atoms with van der Waals surface area (Å²) in [5.74, 6) is 2.53. The summed E-state index contributed by atoms with van der Waals surface area (Å²) in [6.07, 6.45) is 6.32. The number of benzene rings is 1. The lowest BCUT2D eigenvalue weighted by atomic mass is 9.68. The average molecular weight is 376 g/mol. The summed E-state index contributed by atoms with van der Waals surface area (Å²) in [7, 11) is 1.60. The highest BCUT2D eigenvalue weighted by atomic mass is 16.5. The van der Waals surface area contributed by atoms with E-state index in [9.17, 15) is 0 Å². The van der Waals surface area contributed by atoms with Gasteiger partial charge in [-0.05, 0) is 30.9 Å². The van der Waals surface area contributed by atoms with Gasteiger partial charge in [0.1, 0.15) is 0 Å². The summed E-state index contributed by atoms with van der Waals surface area (Å²) in [5, 5.41) is 8.08. The van der Waals surface area contributed by atoms with Crippen LogP contribution in [0.1, 0.15) is 43.0 Å². The standard InChI is InChI=1S/C22H24N4O2/c1-27-19-9-8-16(13-23-19)20-25-21(26-28-20)22(10-5-11-22)14-24-18-12-17(18)15-6-3-2-4-7-15/h2-4,6-9,13,17-18,24H,5,10-12,14H2,1H3. The normalized spacial score (nSPS) is 22.5. The number of aromatic nitrogens is 3. The van der Waals surface area contributed by atoms with Crippen LogP contribution in [0.25, 0.3) is 11.5 Å². The van der Waals surface area contributed by atoms with Crippen molar-refractivity contribution in [3.05, 3.63) is 60.0 Å². The second-order valence-corrected chi connectivity index (χ2v) is 7.89. The van der Waals surface area contributed by atoms with Gasteiger partial charge in [0.15, 0.2) is 5.82 Å². The van der Waals surface area contributed by atoms with Crippen molar-refractivity contribution in [1.29, 1.82) is 0 Å². The number of hydrogen-bond donors (Lipinski definition) is 1. The van der Waals surface area contributed by atoms with E-state index in [0.29, 0.717) is 23.7 Å². The largest absolute Gasteiger partial charge is 0.481 e. The predicted molar refractivity (Wildman–Crippen MR) is 105 cm³/mol. The second kappa shape index (κ2) is 7.02. The number of ether oxygens (including phenoxy) is 1. The highest BCUT2D eigenvalue weighted by molar-refractivity contribution is 5.51. The molecule has 3 aromatic rings. The number of nitrogens with one attached hydrogen (secondary N) is 1. The van der Waals surface area contributed by atoms with E-state index in [2.05, 4.69) is 45.8 Å². The first-order valence-corrected chi connectivity index (χ1v) is 9.90. The van der Waals surface area contributed by atoms with E-state index >= 15 is 0 Å². The fraction of sp³-hybridized carbons (Fsp3) is 0.409. The first kappa shape index (κ1) is 17.4. The fourth-order valence-electron chi connectivity index (χ4n) is 4.08. The van der Waals surface area contributed by atoms with Gasteiger partial charge < -0.3 is 14.6 Å². The number of nitrogens with zero attached hydrogens (tertiary/aromatic N) is 3. The highest BCUT2D eigenvalue weighted by Gasteiger charge is 2.46. The Morgan fingerprint density at radius 1 is 1.18 bits per heavy atom. The summed E-state index contributed by atoms with van der Waals surface area (Å²) in [6.45, 7) is 0.904. The lowest BCUT2D eigenvalue weighted by Gasteiger charge is -2.39. The third-order valence-corrected chi connectivity index (χ3v) is 6.12. The lowest BCUT2D eigenvalue weighted by Crippen LogP contribution is -2.45. The van der Waals surface area contributed by atoms with Crippen LogP contribution in [-0.2, 0) is 5.41 Å². The Kier molecular flexibility index (Phi) is 4.36. The molecule has 2 heterocycles. The van der Waals surface area contributed by atoms with Crippen molar-refractivity contribution >= 4 is 0 Å². The zero-order valence-electron chi connectivity index (χ0n) is 16.0. The number of hydrogen-bond acceptors (Lipinski definition) is 6. The van der Waals surface area contributed by atoms with E-state index in [1.165, 1.54) is 18.4 Å². The zero-order valence-corrected chi connectivity index (χ0v) is 16.0. The first-order valence-electron chi connectivity index (χ1n) is 9.90. The van der Waals surface area contributed by atoms with Crippen LogP contribution in [0.3, 0.4) is 0 Å². The van der Waals surface area contributed by atoms with Gasteiger partial charge in [-0.2, -0.15) is 4.98 Å². The number of pyridine rings is 1. The van der Waals surface area contributed by atoms with Gasteiger partial charge in [-0.15, -0.1) is 0 Å². The molecule has 0 bridgehead atoms. The van der Waals surface area contributed by atoms with Crippen molar-refractivity contribution in [2.45, 2.75) is 43.1 Å². The van der Waals surface area contributed by atoms with Gasteiger partial charge in [0, 0.05) is 36.2 Å². The number of rotatable bonds is 7. The molecule has 2 atom stereocenters. The summed E-state index contributed by atoms with van der Waals surface area (Å²) in [4.78, 5) is 8.93. The third-order valence-electron chi connectivity index (χ3n) is 6.12. The van der Waals surface area contributed by atoms with Crippen molar-refractivity contribution in [3.8, 4) is 17.3 Å². The molecule has 0 saturated heterocycles. The topological polar surface area (TPSA) is 73.1 Å². The zero-order chi connectivity index (χ0) is 19.0. The van der Waals surface area contributed by atoms with Crippen molar-refractivity contribution in [2.24, 2.45) is 0 Å². The van der Waals surface area contributed by atoms with Crippen LogP contribution >= 0.6 is 0 Å². The van der Waals surface area contributed by atoms with E-state index in [1.807, 2.05) is 6.07 Å². The molecule has 0 amide bonds. The fourth-order valence-corrected chi connectivity index (χ4v) is 4.08. The van der Waals surface area contributed by atoms with E-state index in [1.54, 1.807) is 19.4 Å². The third kappa shape index (κ3) is 3.18. The maximum atomic E-state index is 5.55. The summed E-state index contributed by atoms with van der Waals surface area (Å²) >= 11 is 0. The molecule has 0 aliphatic heterocycles. The van der Waals surface area contributed by atoms with E-state index in [0.717, 1.165) is 30.8 Å². The minimum Gasteiger partial charge on any atom is -0.481 e. The maximum Gasteiger partial charge on any atom is 0.259 e. The smallest absolute Gasteiger partial charge is 0.259 e. The molecule has 2 aliphatic carbocycles. The molecule has 144 valence electrons. The lowest BCUT2D eigenvalue weighted by molar-refractivity contribution is 0.211. The van der Waals surface area contributed by atoms with Gasteiger partial charge in [0.25, 0.3) is 5.89 Å². The predicted octanol–water partition coefficient (Wildman–Crippen LogP) is 3.71. The first-order chi connectivity index (χ1) is 13.8. The summed E-state index contributed by atoms with van der Waals surface area (Å²) in [6, 6.07) is 15.0. The second-order valence-electron chi connectivity index (χ2n) is 7.89. The van der Waals surface area contributed by atoms with Gasteiger partial charge in [-0.25, -0.2) is 4.98 Å². The Balaban J connectivity index is 1.26. The maximum absolute atomic E-state index is 5.55. The molecule has 1 aromatic carbocycles. The van der Waals surface area contributed by atoms with Crippen LogP contribution in [0.15, 0.2) is 53.2 Å². The molecular formula is C22H24N4O2. The molecule has 6 heteroatoms. The van der Waals surface area contributed by atoms with Crippen molar-refractivity contribution in [2.75, 3.05) is 13.7 Å².